The van der Waals surface area contributed by atoms with Gasteiger partial charge < -0.3 is 10.5 Å². The Morgan fingerprint density at radius 3 is 2.48 bits per heavy atom. The van der Waals surface area contributed by atoms with Crippen molar-refractivity contribution in [3.63, 3.8) is 0 Å². The summed E-state index contributed by atoms with van der Waals surface area (Å²) >= 11 is 0. The predicted molar refractivity (Wildman–Crippen MR) is 79.6 cm³/mol. The molecule has 0 aliphatic carbocycles. The number of aromatic nitrogens is 4. The number of aromatic amines is 1. The molecule has 0 radical (unpaired) electrons. The highest BCUT2D eigenvalue weighted by atomic mass is 19.4. The summed E-state index contributed by atoms with van der Waals surface area (Å²) in [5.74, 6) is -1.17. The molecule has 0 bridgehead atoms. The van der Waals surface area contributed by atoms with Crippen molar-refractivity contribution in [2.75, 3.05) is 0 Å². The molecule has 3 aromatic rings. The summed E-state index contributed by atoms with van der Waals surface area (Å²) in [7, 11) is 0. The highest BCUT2D eigenvalue weighted by Crippen LogP contribution is 2.36. The lowest BCUT2D eigenvalue weighted by Crippen LogP contribution is -2.12. The number of H-pyrrole nitrogens is 1. The SMILES string of the molecule is NC(=O)c1n[nH]nc1-c1ccc(Oc2ncccc2C(F)(F)F)cc1. The van der Waals surface area contributed by atoms with Crippen LogP contribution in [0.25, 0.3) is 11.3 Å². The van der Waals surface area contributed by atoms with Crippen LogP contribution in [-0.2, 0) is 6.18 Å². The van der Waals surface area contributed by atoms with E-state index < -0.39 is 23.5 Å². The number of hydrogen-bond acceptors (Lipinski definition) is 5. The van der Waals surface area contributed by atoms with Gasteiger partial charge in [0.15, 0.2) is 5.69 Å². The monoisotopic (exact) mass is 349 g/mol. The minimum absolute atomic E-state index is 0.0437. The van der Waals surface area contributed by atoms with Crippen molar-refractivity contribution in [1.29, 1.82) is 0 Å². The normalized spacial score (nSPS) is 11.3. The maximum atomic E-state index is 12.9. The molecule has 1 amide bonds. The number of amides is 1. The lowest BCUT2D eigenvalue weighted by molar-refractivity contribution is -0.138. The molecule has 7 nitrogen and oxygen atoms in total. The largest absolute Gasteiger partial charge is 0.438 e. The summed E-state index contributed by atoms with van der Waals surface area (Å²) in [5, 5.41) is 9.76. The second kappa shape index (κ2) is 6.23. The summed E-state index contributed by atoms with van der Waals surface area (Å²) in [6.45, 7) is 0. The van der Waals surface area contributed by atoms with E-state index in [2.05, 4.69) is 20.4 Å². The van der Waals surface area contributed by atoms with Gasteiger partial charge in [-0.1, -0.05) is 0 Å². The molecule has 0 fully saturated rings. The van der Waals surface area contributed by atoms with Gasteiger partial charge in [0.05, 0.1) is 0 Å². The molecule has 10 heteroatoms. The van der Waals surface area contributed by atoms with Crippen LogP contribution in [0.1, 0.15) is 16.1 Å². The number of nitrogens with one attached hydrogen (secondary N) is 1. The highest BCUT2D eigenvalue weighted by molar-refractivity contribution is 5.96. The molecular formula is C15H10F3N5O2. The smallest absolute Gasteiger partial charge is 0.421 e. The van der Waals surface area contributed by atoms with Gasteiger partial charge >= 0.3 is 6.18 Å². The lowest BCUT2D eigenvalue weighted by Gasteiger charge is -2.12. The molecule has 0 spiro atoms. The van der Waals surface area contributed by atoms with Crippen molar-refractivity contribution in [3.8, 4) is 22.9 Å². The number of benzene rings is 1. The molecule has 3 N–H and O–H groups in total. The van der Waals surface area contributed by atoms with E-state index in [9.17, 15) is 18.0 Å². The lowest BCUT2D eigenvalue weighted by atomic mass is 10.1. The molecule has 128 valence electrons. The average Bonchev–Trinajstić information content (AvgIpc) is 3.05. The Morgan fingerprint density at radius 2 is 1.84 bits per heavy atom. The minimum Gasteiger partial charge on any atom is -0.438 e. The van der Waals surface area contributed by atoms with Crippen LogP contribution in [0.5, 0.6) is 11.6 Å². The van der Waals surface area contributed by atoms with E-state index in [-0.39, 0.29) is 17.1 Å². The predicted octanol–water partition coefficient (Wildman–Crippen LogP) is 2.78. The number of nitrogens with two attached hydrogens (primary N) is 1. The number of alkyl halides is 3. The molecule has 0 atom stereocenters. The number of halogens is 3. The van der Waals surface area contributed by atoms with Gasteiger partial charge in [0, 0.05) is 11.8 Å². The number of primary amides is 1. The zero-order chi connectivity index (χ0) is 18.0. The third kappa shape index (κ3) is 3.42. The van der Waals surface area contributed by atoms with Crippen LogP contribution in [0.2, 0.25) is 0 Å². The topological polar surface area (TPSA) is 107 Å². The van der Waals surface area contributed by atoms with Gasteiger partial charge in [0.1, 0.15) is 17.0 Å². The Bertz CT molecular complexity index is 906. The number of carbonyl (C=O) groups excluding carboxylic acids is 1. The number of carbonyl (C=O) groups is 1. The Balaban J connectivity index is 1.87. The van der Waals surface area contributed by atoms with Gasteiger partial charge in [-0.05, 0) is 36.4 Å². The van der Waals surface area contributed by atoms with Crippen molar-refractivity contribution in [3.05, 3.63) is 53.9 Å². The molecular weight excluding hydrogens is 339 g/mol. The van der Waals surface area contributed by atoms with E-state index in [0.717, 1.165) is 6.07 Å². The van der Waals surface area contributed by atoms with Crippen LogP contribution in [0.4, 0.5) is 13.2 Å². The average molecular weight is 349 g/mol. The summed E-state index contributed by atoms with van der Waals surface area (Å²) in [4.78, 5) is 14.9. The second-order valence-corrected chi connectivity index (χ2v) is 4.87. The fourth-order valence-electron chi connectivity index (χ4n) is 2.08. The third-order valence-electron chi connectivity index (χ3n) is 3.20. The number of hydrogen-bond donors (Lipinski definition) is 2. The van der Waals surface area contributed by atoms with E-state index in [1.807, 2.05) is 0 Å². The van der Waals surface area contributed by atoms with Crippen molar-refractivity contribution in [2.24, 2.45) is 5.73 Å². The van der Waals surface area contributed by atoms with Crippen LogP contribution in [0.15, 0.2) is 42.6 Å². The maximum absolute atomic E-state index is 12.9. The zero-order valence-electron chi connectivity index (χ0n) is 12.4. The van der Waals surface area contributed by atoms with Crippen molar-refractivity contribution < 1.29 is 22.7 Å². The Morgan fingerprint density at radius 1 is 1.12 bits per heavy atom. The molecule has 0 aliphatic rings. The first-order valence-corrected chi connectivity index (χ1v) is 6.87. The number of nitrogens with zero attached hydrogens (tertiary/aromatic N) is 3. The molecule has 0 unspecified atom stereocenters. The van der Waals surface area contributed by atoms with Gasteiger partial charge in [-0.15, -0.1) is 0 Å². The summed E-state index contributed by atoms with van der Waals surface area (Å²) in [6.07, 6.45) is -3.38. The Kier molecular flexibility index (Phi) is 4.09. The van der Waals surface area contributed by atoms with Crippen LogP contribution in [0.3, 0.4) is 0 Å². The molecule has 25 heavy (non-hydrogen) atoms. The second-order valence-electron chi connectivity index (χ2n) is 4.87. The number of ether oxygens (including phenoxy) is 1. The number of pyridine rings is 1. The van der Waals surface area contributed by atoms with Crippen molar-refractivity contribution in [1.82, 2.24) is 20.4 Å². The van der Waals surface area contributed by atoms with Crippen LogP contribution >= 0.6 is 0 Å². The van der Waals surface area contributed by atoms with E-state index in [4.69, 9.17) is 10.5 Å². The van der Waals surface area contributed by atoms with Gasteiger partial charge in [-0.25, -0.2) is 4.98 Å². The fourth-order valence-corrected chi connectivity index (χ4v) is 2.08. The molecule has 0 saturated heterocycles. The van der Waals surface area contributed by atoms with Gasteiger partial charge in [-0.3, -0.25) is 4.79 Å². The van der Waals surface area contributed by atoms with E-state index in [0.29, 0.717) is 5.56 Å². The Hall–Kier alpha value is -3.43. The molecule has 1 aromatic carbocycles. The summed E-state index contributed by atoms with van der Waals surface area (Å²) < 4.78 is 44.0. The highest BCUT2D eigenvalue weighted by Gasteiger charge is 2.35. The molecule has 2 heterocycles. The fraction of sp³-hybridized carbons (Fsp3) is 0.0667. The molecule has 0 saturated carbocycles. The van der Waals surface area contributed by atoms with Gasteiger partial charge in [0.2, 0.25) is 5.88 Å². The summed E-state index contributed by atoms with van der Waals surface area (Å²) in [6, 6.07) is 7.92. The Labute approximate surface area is 138 Å². The van der Waals surface area contributed by atoms with Crippen molar-refractivity contribution >= 4 is 5.91 Å². The molecule has 2 aromatic heterocycles. The summed E-state index contributed by atoms with van der Waals surface area (Å²) in [5.41, 5.74) is 4.88. The van der Waals surface area contributed by atoms with Gasteiger partial charge in [0.25, 0.3) is 5.91 Å². The van der Waals surface area contributed by atoms with E-state index in [1.54, 1.807) is 0 Å². The third-order valence-corrected chi connectivity index (χ3v) is 3.20. The van der Waals surface area contributed by atoms with Crippen LogP contribution < -0.4 is 10.5 Å². The zero-order valence-corrected chi connectivity index (χ0v) is 12.4. The van der Waals surface area contributed by atoms with E-state index >= 15 is 0 Å². The van der Waals surface area contributed by atoms with Crippen LogP contribution in [-0.4, -0.2) is 26.3 Å². The number of rotatable bonds is 4. The minimum atomic E-state index is -4.58. The van der Waals surface area contributed by atoms with E-state index in [1.165, 1.54) is 36.5 Å². The van der Waals surface area contributed by atoms with Gasteiger partial charge in [-0.2, -0.15) is 28.6 Å². The quantitative estimate of drug-likeness (QED) is 0.753. The van der Waals surface area contributed by atoms with Crippen molar-refractivity contribution in [2.45, 2.75) is 6.18 Å². The molecule has 0 aliphatic heterocycles. The van der Waals surface area contributed by atoms with Crippen LogP contribution in [0, 0.1) is 0 Å². The standard InChI is InChI=1S/C15H10F3N5O2/c16-15(17,18)10-2-1-7-20-14(10)25-9-5-3-8(4-6-9)11-12(13(19)24)22-23-21-11/h1-7H,(H2,19,24)(H,21,22,23). The first-order chi connectivity index (χ1) is 11.9. The maximum Gasteiger partial charge on any atom is 0.421 e. The first-order valence-electron chi connectivity index (χ1n) is 6.87. The first kappa shape index (κ1) is 16.4. The molecule has 3 rings (SSSR count).